The molecule has 0 saturated heterocycles. The van der Waals surface area contributed by atoms with Crippen LogP contribution >= 0.6 is 15.9 Å². The van der Waals surface area contributed by atoms with Crippen molar-refractivity contribution in [2.75, 3.05) is 0 Å². The van der Waals surface area contributed by atoms with Gasteiger partial charge in [-0.1, -0.05) is 34.1 Å². The van der Waals surface area contributed by atoms with E-state index < -0.39 is 5.97 Å². The zero-order chi connectivity index (χ0) is 12.3. The summed E-state index contributed by atoms with van der Waals surface area (Å²) in [5, 5.41) is 8.95. The first kappa shape index (κ1) is 12.6. The molecule has 0 aliphatic heterocycles. The summed E-state index contributed by atoms with van der Waals surface area (Å²) in [6.07, 6.45) is 4.82. The largest absolute Gasteiger partial charge is 0.481 e. The van der Waals surface area contributed by atoms with E-state index in [1.807, 2.05) is 6.07 Å². The zero-order valence-electron chi connectivity index (χ0n) is 9.73. The molecule has 1 aliphatic rings. The summed E-state index contributed by atoms with van der Waals surface area (Å²) in [5.74, 6) is -0.0842. The predicted octanol–water partition coefficient (Wildman–Crippen LogP) is 3.88. The molecule has 1 saturated carbocycles. The number of rotatable bonds is 3. The number of hydrogen-bond acceptors (Lipinski definition) is 1. The zero-order valence-corrected chi connectivity index (χ0v) is 11.3. The SMILES string of the molecule is O=C(O)C1CCC(Cc2ccccc2Br)CC1. The highest BCUT2D eigenvalue weighted by Crippen LogP contribution is 2.32. The fraction of sp³-hybridized carbons (Fsp3) is 0.500. The summed E-state index contributed by atoms with van der Waals surface area (Å²) in [6.45, 7) is 0. The Balaban J connectivity index is 1.90. The number of carboxylic acid groups (broad SMARTS) is 1. The highest BCUT2D eigenvalue weighted by Gasteiger charge is 2.26. The van der Waals surface area contributed by atoms with Crippen molar-refractivity contribution in [2.45, 2.75) is 32.1 Å². The Kier molecular flexibility index (Phi) is 4.21. The van der Waals surface area contributed by atoms with Crippen LogP contribution in [0.4, 0.5) is 0 Å². The van der Waals surface area contributed by atoms with Gasteiger partial charge in [0.25, 0.3) is 0 Å². The number of halogens is 1. The molecule has 0 heterocycles. The number of carbonyl (C=O) groups is 1. The van der Waals surface area contributed by atoms with Gasteiger partial charge in [0.15, 0.2) is 0 Å². The van der Waals surface area contributed by atoms with E-state index in [1.165, 1.54) is 10.0 Å². The molecule has 1 aromatic rings. The van der Waals surface area contributed by atoms with Crippen molar-refractivity contribution in [3.05, 3.63) is 34.3 Å². The number of hydrogen-bond donors (Lipinski definition) is 1. The van der Waals surface area contributed by atoms with Crippen LogP contribution in [-0.2, 0) is 11.2 Å². The van der Waals surface area contributed by atoms with Crippen molar-refractivity contribution in [2.24, 2.45) is 11.8 Å². The van der Waals surface area contributed by atoms with Gasteiger partial charge in [-0.2, -0.15) is 0 Å². The van der Waals surface area contributed by atoms with Gasteiger partial charge in [-0.3, -0.25) is 4.79 Å². The molecule has 3 heteroatoms. The third-order valence-electron chi connectivity index (χ3n) is 3.66. The number of carboxylic acids is 1. The molecule has 0 atom stereocenters. The Morgan fingerprint density at radius 3 is 2.47 bits per heavy atom. The molecule has 2 rings (SSSR count). The third-order valence-corrected chi connectivity index (χ3v) is 4.44. The molecule has 1 aromatic carbocycles. The van der Waals surface area contributed by atoms with Crippen molar-refractivity contribution >= 4 is 21.9 Å². The average Bonchev–Trinajstić information content (AvgIpc) is 2.33. The second kappa shape index (κ2) is 5.67. The van der Waals surface area contributed by atoms with Gasteiger partial charge in [0, 0.05) is 4.47 Å². The second-order valence-corrected chi connectivity index (χ2v) is 5.71. The van der Waals surface area contributed by atoms with Crippen LogP contribution in [0.2, 0.25) is 0 Å². The smallest absolute Gasteiger partial charge is 0.306 e. The molecule has 1 aliphatic carbocycles. The molecule has 92 valence electrons. The average molecular weight is 297 g/mol. The molecule has 0 radical (unpaired) electrons. The van der Waals surface area contributed by atoms with Gasteiger partial charge in [-0.15, -0.1) is 0 Å². The minimum Gasteiger partial charge on any atom is -0.481 e. The van der Waals surface area contributed by atoms with Crippen molar-refractivity contribution in [1.29, 1.82) is 0 Å². The Morgan fingerprint density at radius 2 is 1.88 bits per heavy atom. The van der Waals surface area contributed by atoms with E-state index in [1.54, 1.807) is 0 Å². The van der Waals surface area contributed by atoms with Crippen molar-refractivity contribution in [3.63, 3.8) is 0 Å². The lowest BCUT2D eigenvalue weighted by molar-refractivity contribution is -0.143. The third kappa shape index (κ3) is 3.32. The number of aliphatic carboxylic acids is 1. The first-order chi connectivity index (χ1) is 8.16. The van der Waals surface area contributed by atoms with Gasteiger partial charge in [0.05, 0.1) is 5.92 Å². The summed E-state index contributed by atoms with van der Waals surface area (Å²) in [5.41, 5.74) is 1.34. The Hall–Kier alpha value is -0.830. The lowest BCUT2D eigenvalue weighted by atomic mass is 9.79. The molecule has 2 nitrogen and oxygen atoms in total. The first-order valence-electron chi connectivity index (χ1n) is 6.13. The van der Waals surface area contributed by atoms with Gasteiger partial charge in [-0.25, -0.2) is 0 Å². The number of benzene rings is 1. The monoisotopic (exact) mass is 296 g/mol. The van der Waals surface area contributed by atoms with Crippen LogP contribution in [0, 0.1) is 11.8 Å². The van der Waals surface area contributed by atoms with Gasteiger partial charge in [-0.05, 0) is 49.7 Å². The summed E-state index contributed by atoms with van der Waals surface area (Å²) in [6, 6.07) is 8.30. The highest BCUT2D eigenvalue weighted by molar-refractivity contribution is 9.10. The maximum absolute atomic E-state index is 10.9. The van der Waals surface area contributed by atoms with E-state index >= 15 is 0 Å². The van der Waals surface area contributed by atoms with Crippen LogP contribution in [0.1, 0.15) is 31.2 Å². The van der Waals surface area contributed by atoms with E-state index in [-0.39, 0.29) is 5.92 Å². The quantitative estimate of drug-likeness (QED) is 0.919. The maximum Gasteiger partial charge on any atom is 0.306 e. The Labute approximate surface area is 110 Å². The van der Waals surface area contributed by atoms with Crippen molar-refractivity contribution < 1.29 is 9.90 Å². The molecule has 17 heavy (non-hydrogen) atoms. The van der Waals surface area contributed by atoms with Crippen LogP contribution in [0.5, 0.6) is 0 Å². The maximum atomic E-state index is 10.9. The van der Waals surface area contributed by atoms with Crippen molar-refractivity contribution in [1.82, 2.24) is 0 Å². The van der Waals surface area contributed by atoms with Gasteiger partial charge in [0.1, 0.15) is 0 Å². The van der Waals surface area contributed by atoms with Crippen LogP contribution in [-0.4, -0.2) is 11.1 Å². The van der Waals surface area contributed by atoms with Gasteiger partial charge in [0.2, 0.25) is 0 Å². The standard InChI is InChI=1S/C14H17BrO2/c15-13-4-2-1-3-12(13)9-10-5-7-11(8-6-10)14(16)17/h1-4,10-11H,5-9H2,(H,16,17). The molecule has 1 N–H and O–H groups in total. The molecule has 0 unspecified atom stereocenters. The normalized spacial score (nSPS) is 24.5. The highest BCUT2D eigenvalue weighted by atomic mass is 79.9. The minimum absolute atomic E-state index is 0.106. The van der Waals surface area contributed by atoms with Crippen molar-refractivity contribution in [3.8, 4) is 0 Å². The summed E-state index contributed by atoms with van der Waals surface area (Å²) in [4.78, 5) is 10.9. The fourth-order valence-corrected chi connectivity index (χ4v) is 3.04. The first-order valence-corrected chi connectivity index (χ1v) is 6.92. The van der Waals surface area contributed by atoms with Crippen LogP contribution in [0.25, 0.3) is 0 Å². The molecule has 0 aromatic heterocycles. The van der Waals surface area contributed by atoms with Crippen LogP contribution in [0.3, 0.4) is 0 Å². The fourth-order valence-electron chi connectivity index (χ4n) is 2.59. The summed E-state index contributed by atoms with van der Waals surface area (Å²) < 4.78 is 1.17. The topological polar surface area (TPSA) is 37.3 Å². The minimum atomic E-state index is -0.621. The van der Waals surface area contributed by atoms with E-state index in [2.05, 4.69) is 34.1 Å². The molecule has 0 bridgehead atoms. The van der Waals surface area contributed by atoms with E-state index in [0.717, 1.165) is 32.1 Å². The summed E-state index contributed by atoms with van der Waals surface area (Å²) >= 11 is 3.56. The molecule has 1 fully saturated rings. The van der Waals surface area contributed by atoms with Gasteiger partial charge < -0.3 is 5.11 Å². The molecular formula is C14H17BrO2. The van der Waals surface area contributed by atoms with Crippen LogP contribution in [0.15, 0.2) is 28.7 Å². The van der Waals surface area contributed by atoms with Gasteiger partial charge >= 0.3 is 5.97 Å². The van der Waals surface area contributed by atoms with E-state index in [4.69, 9.17) is 5.11 Å². The second-order valence-electron chi connectivity index (χ2n) is 4.85. The lowest BCUT2D eigenvalue weighted by Gasteiger charge is -2.26. The summed E-state index contributed by atoms with van der Waals surface area (Å²) in [7, 11) is 0. The van der Waals surface area contributed by atoms with E-state index in [0.29, 0.717) is 5.92 Å². The predicted molar refractivity (Wildman–Crippen MR) is 70.9 cm³/mol. The molecular weight excluding hydrogens is 280 g/mol. The van der Waals surface area contributed by atoms with E-state index in [9.17, 15) is 4.79 Å². The van der Waals surface area contributed by atoms with Crippen LogP contribution < -0.4 is 0 Å². The Bertz CT molecular complexity index is 395. The lowest BCUT2D eigenvalue weighted by Crippen LogP contribution is -2.22. The molecule has 0 amide bonds. The molecule has 0 spiro atoms. The Morgan fingerprint density at radius 1 is 1.24 bits per heavy atom.